The molecule has 2 heterocycles. The molecule has 0 bridgehead atoms. The standard InChI is InChI=1S/C27H26FN3O5/c1-5-27(19-8-10-20(28)11-9-19)25(34)30(26(35)29-27)15-23(32)22-14-16(2)31(17(22)3)21-12-6-18(7-13-21)24(33)36-4/h6-14H,5,15H2,1-4H3,(H,29,35). The summed E-state index contributed by atoms with van der Waals surface area (Å²) in [6.07, 6.45) is 0.240. The van der Waals surface area contributed by atoms with Crippen LogP contribution >= 0.6 is 0 Å². The van der Waals surface area contributed by atoms with Gasteiger partial charge >= 0.3 is 12.0 Å². The van der Waals surface area contributed by atoms with Crippen LogP contribution < -0.4 is 5.32 Å². The summed E-state index contributed by atoms with van der Waals surface area (Å²) in [7, 11) is 1.31. The van der Waals surface area contributed by atoms with Gasteiger partial charge in [0.25, 0.3) is 5.91 Å². The number of nitrogens with one attached hydrogen (secondary N) is 1. The van der Waals surface area contributed by atoms with Crippen LogP contribution in [-0.2, 0) is 15.1 Å². The Morgan fingerprint density at radius 2 is 1.67 bits per heavy atom. The average molecular weight is 492 g/mol. The van der Waals surface area contributed by atoms with Gasteiger partial charge in [0.05, 0.1) is 19.2 Å². The zero-order valence-corrected chi connectivity index (χ0v) is 20.4. The number of amides is 3. The van der Waals surface area contributed by atoms with Gasteiger partial charge in [0.15, 0.2) is 5.78 Å². The minimum atomic E-state index is -1.36. The Hall–Kier alpha value is -4.27. The van der Waals surface area contributed by atoms with Gasteiger partial charge in [-0.25, -0.2) is 14.0 Å². The van der Waals surface area contributed by atoms with Gasteiger partial charge in [-0.2, -0.15) is 0 Å². The average Bonchev–Trinajstić information content (AvgIpc) is 3.31. The summed E-state index contributed by atoms with van der Waals surface area (Å²) in [4.78, 5) is 52.1. The molecule has 0 radical (unpaired) electrons. The van der Waals surface area contributed by atoms with E-state index in [-0.39, 0.29) is 6.42 Å². The molecule has 1 aromatic heterocycles. The summed E-state index contributed by atoms with van der Waals surface area (Å²) < 4.78 is 20.0. The Morgan fingerprint density at radius 1 is 1.03 bits per heavy atom. The predicted octanol–water partition coefficient (Wildman–Crippen LogP) is 4.06. The van der Waals surface area contributed by atoms with Crippen molar-refractivity contribution in [3.63, 3.8) is 0 Å². The van der Waals surface area contributed by atoms with Crippen molar-refractivity contribution < 1.29 is 28.3 Å². The van der Waals surface area contributed by atoms with Gasteiger partial charge in [0.2, 0.25) is 0 Å². The smallest absolute Gasteiger partial charge is 0.337 e. The number of Topliss-reactive ketones (excluding diaryl/α,β-unsaturated/α-hetero) is 1. The Labute approximate surface area is 207 Å². The van der Waals surface area contributed by atoms with Gasteiger partial charge < -0.3 is 14.6 Å². The Balaban J connectivity index is 1.60. The van der Waals surface area contributed by atoms with Crippen LogP contribution in [0.5, 0.6) is 0 Å². The maximum absolute atomic E-state index is 13.4. The molecular weight excluding hydrogens is 465 g/mol. The van der Waals surface area contributed by atoms with Crippen molar-refractivity contribution in [2.45, 2.75) is 32.7 Å². The van der Waals surface area contributed by atoms with Crippen LogP contribution in [-0.4, -0.2) is 46.8 Å². The number of methoxy groups -OCH3 is 1. The van der Waals surface area contributed by atoms with Crippen LogP contribution in [0.1, 0.15) is 51.0 Å². The first-order chi connectivity index (χ1) is 17.1. The van der Waals surface area contributed by atoms with Crippen LogP contribution in [0.3, 0.4) is 0 Å². The molecule has 0 saturated carbocycles. The maximum Gasteiger partial charge on any atom is 0.337 e. The second kappa shape index (κ2) is 9.41. The Bertz CT molecular complexity index is 1360. The highest BCUT2D eigenvalue weighted by Crippen LogP contribution is 2.33. The van der Waals surface area contributed by atoms with E-state index in [2.05, 4.69) is 5.32 Å². The number of esters is 1. The quantitative estimate of drug-likeness (QED) is 0.305. The lowest BCUT2D eigenvalue weighted by molar-refractivity contribution is -0.131. The summed E-state index contributed by atoms with van der Waals surface area (Å²) >= 11 is 0. The molecule has 1 N–H and O–H groups in total. The van der Waals surface area contributed by atoms with Gasteiger partial charge in [0.1, 0.15) is 11.4 Å². The van der Waals surface area contributed by atoms with Gasteiger partial charge in [-0.3, -0.25) is 14.5 Å². The fourth-order valence-corrected chi connectivity index (χ4v) is 4.68. The number of ether oxygens (including phenoxy) is 1. The topological polar surface area (TPSA) is 97.7 Å². The predicted molar refractivity (Wildman–Crippen MR) is 130 cm³/mol. The first kappa shape index (κ1) is 24.8. The number of aryl methyl sites for hydroxylation is 1. The fourth-order valence-electron chi connectivity index (χ4n) is 4.68. The molecule has 9 heteroatoms. The van der Waals surface area contributed by atoms with Gasteiger partial charge in [-0.05, 0) is 68.3 Å². The van der Waals surface area contributed by atoms with Gasteiger partial charge in [-0.15, -0.1) is 0 Å². The molecule has 1 aliphatic heterocycles. The van der Waals surface area contributed by atoms with E-state index in [1.165, 1.54) is 31.4 Å². The number of halogens is 1. The molecule has 1 fully saturated rings. The van der Waals surface area contributed by atoms with Crippen molar-refractivity contribution >= 4 is 23.7 Å². The molecule has 186 valence electrons. The summed E-state index contributed by atoms with van der Waals surface area (Å²) in [5.41, 5.74) is 2.02. The molecular formula is C27H26FN3O5. The van der Waals surface area contributed by atoms with E-state index in [9.17, 15) is 23.6 Å². The van der Waals surface area contributed by atoms with Gasteiger partial charge in [-0.1, -0.05) is 19.1 Å². The highest BCUT2D eigenvalue weighted by Gasteiger charge is 2.51. The number of ketones is 1. The summed E-state index contributed by atoms with van der Waals surface area (Å²) in [6, 6.07) is 13.2. The molecule has 0 aliphatic carbocycles. The second-order valence-electron chi connectivity index (χ2n) is 8.67. The van der Waals surface area contributed by atoms with E-state index in [0.717, 1.165) is 16.3 Å². The van der Waals surface area contributed by atoms with Crippen LogP contribution in [0.2, 0.25) is 0 Å². The first-order valence-electron chi connectivity index (χ1n) is 11.4. The monoisotopic (exact) mass is 491 g/mol. The number of urea groups is 1. The Morgan fingerprint density at radius 3 is 2.25 bits per heavy atom. The molecule has 8 nitrogen and oxygen atoms in total. The molecule has 0 spiro atoms. The first-order valence-corrected chi connectivity index (χ1v) is 11.4. The molecule has 1 atom stereocenters. The van der Waals surface area contributed by atoms with E-state index < -0.39 is 41.6 Å². The van der Waals surface area contributed by atoms with E-state index >= 15 is 0 Å². The molecule has 3 amide bonds. The highest BCUT2D eigenvalue weighted by molar-refractivity contribution is 6.11. The number of carbonyl (C=O) groups excluding carboxylic acids is 4. The highest BCUT2D eigenvalue weighted by atomic mass is 19.1. The SMILES string of the molecule is CCC1(c2ccc(F)cc2)NC(=O)N(CC(=O)c2cc(C)n(-c3ccc(C(=O)OC)cc3)c2C)C1=O. The second-order valence-corrected chi connectivity index (χ2v) is 8.67. The summed E-state index contributed by atoms with van der Waals surface area (Å²) in [5.74, 6) is -1.85. The fraction of sp³-hybridized carbons (Fsp3) is 0.259. The molecule has 1 saturated heterocycles. The normalized spacial score (nSPS) is 17.3. The minimum Gasteiger partial charge on any atom is -0.465 e. The third kappa shape index (κ3) is 4.06. The van der Waals surface area contributed by atoms with Crippen molar-refractivity contribution in [2.24, 2.45) is 0 Å². The van der Waals surface area contributed by atoms with Crippen LogP contribution in [0.25, 0.3) is 5.69 Å². The number of aromatic nitrogens is 1. The molecule has 4 rings (SSSR count). The van der Waals surface area contributed by atoms with Crippen molar-refractivity contribution in [2.75, 3.05) is 13.7 Å². The lowest BCUT2D eigenvalue weighted by Crippen LogP contribution is -2.43. The lowest BCUT2D eigenvalue weighted by atomic mass is 9.87. The van der Waals surface area contributed by atoms with E-state index in [0.29, 0.717) is 22.4 Å². The molecule has 3 aromatic rings. The third-order valence-electron chi connectivity index (χ3n) is 6.62. The van der Waals surface area contributed by atoms with Gasteiger partial charge in [0, 0.05) is 22.6 Å². The number of carbonyl (C=O) groups is 4. The number of benzene rings is 2. The number of imide groups is 1. The third-order valence-corrected chi connectivity index (χ3v) is 6.62. The number of rotatable bonds is 7. The number of hydrogen-bond donors (Lipinski definition) is 1. The van der Waals surface area contributed by atoms with Crippen molar-refractivity contribution in [1.82, 2.24) is 14.8 Å². The molecule has 1 aliphatic rings. The van der Waals surface area contributed by atoms with E-state index in [1.54, 1.807) is 44.2 Å². The van der Waals surface area contributed by atoms with Crippen molar-refractivity contribution in [3.05, 3.63) is 88.5 Å². The summed E-state index contributed by atoms with van der Waals surface area (Å²) in [6.45, 7) is 4.92. The largest absolute Gasteiger partial charge is 0.465 e. The molecule has 1 unspecified atom stereocenters. The number of hydrogen-bond acceptors (Lipinski definition) is 5. The van der Waals surface area contributed by atoms with Crippen molar-refractivity contribution in [3.8, 4) is 5.69 Å². The summed E-state index contributed by atoms with van der Waals surface area (Å²) in [5, 5.41) is 2.71. The van der Waals surface area contributed by atoms with Crippen LogP contribution in [0.4, 0.5) is 9.18 Å². The zero-order valence-electron chi connectivity index (χ0n) is 20.4. The minimum absolute atomic E-state index is 0.240. The maximum atomic E-state index is 13.4. The van der Waals surface area contributed by atoms with Crippen LogP contribution in [0, 0.1) is 19.7 Å². The zero-order chi connectivity index (χ0) is 26.2. The van der Waals surface area contributed by atoms with Crippen LogP contribution in [0.15, 0.2) is 54.6 Å². The molecule has 2 aromatic carbocycles. The van der Waals surface area contributed by atoms with E-state index in [4.69, 9.17) is 4.74 Å². The Kier molecular flexibility index (Phi) is 6.49. The van der Waals surface area contributed by atoms with Crippen molar-refractivity contribution in [1.29, 1.82) is 0 Å². The molecule has 36 heavy (non-hydrogen) atoms. The van der Waals surface area contributed by atoms with E-state index in [1.807, 2.05) is 11.5 Å². The number of nitrogens with zero attached hydrogens (tertiary/aromatic N) is 2. The lowest BCUT2D eigenvalue weighted by Gasteiger charge is -2.25.